The molecule has 0 spiro atoms. The second kappa shape index (κ2) is 5.03. The Kier molecular flexibility index (Phi) is 3.22. The van der Waals surface area contributed by atoms with Gasteiger partial charge in [0.15, 0.2) is 0 Å². The molecule has 3 rings (SSSR count). The number of benzene rings is 1. The Bertz CT molecular complexity index is 634. The fourth-order valence-electron chi connectivity index (χ4n) is 2.81. The third-order valence-corrected chi connectivity index (χ3v) is 4.09. The molecule has 1 aromatic heterocycles. The molecule has 6 heteroatoms. The first-order valence-corrected chi connectivity index (χ1v) is 6.75. The molecule has 1 aromatic carbocycles. The molecular formula is C14H16N4O2. The van der Waals surface area contributed by atoms with E-state index in [0.29, 0.717) is 5.92 Å². The molecule has 0 amide bonds. The first kappa shape index (κ1) is 12.8. The zero-order chi connectivity index (χ0) is 14.1. The van der Waals surface area contributed by atoms with Gasteiger partial charge in [0.1, 0.15) is 12.2 Å². The molecule has 0 aliphatic heterocycles. The highest BCUT2D eigenvalue weighted by Crippen LogP contribution is 2.42. The Morgan fingerprint density at radius 1 is 1.45 bits per heavy atom. The number of rotatable bonds is 4. The molecule has 2 aromatic rings. The number of aromatic nitrogens is 3. The summed E-state index contributed by atoms with van der Waals surface area (Å²) in [5.41, 5.74) is 1.09. The van der Waals surface area contributed by atoms with Crippen molar-refractivity contribution in [3.05, 3.63) is 52.1 Å². The van der Waals surface area contributed by atoms with Crippen molar-refractivity contribution in [3.8, 4) is 0 Å². The van der Waals surface area contributed by atoms with E-state index in [9.17, 15) is 10.1 Å². The van der Waals surface area contributed by atoms with Crippen LogP contribution in [-0.4, -0.2) is 19.7 Å². The molecule has 1 atom stereocenters. The molecule has 1 aliphatic rings. The fourth-order valence-corrected chi connectivity index (χ4v) is 2.81. The van der Waals surface area contributed by atoms with Gasteiger partial charge >= 0.3 is 0 Å². The molecule has 0 unspecified atom stereocenters. The quantitative estimate of drug-likeness (QED) is 0.633. The van der Waals surface area contributed by atoms with Crippen molar-refractivity contribution >= 4 is 5.69 Å². The summed E-state index contributed by atoms with van der Waals surface area (Å²) in [7, 11) is 1.92. The molecule has 1 saturated carbocycles. The van der Waals surface area contributed by atoms with Gasteiger partial charge < -0.3 is 4.57 Å². The standard InChI is InChI=1S/C14H16N4O2/c1-17-9-15-16-14(17)13(10-4-2-5-10)11-6-3-7-12(8-11)18(19)20/h3,6-10,13H,2,4-5H2,1H3/t13-/m1/s1. The van der Waals surface area contributed by atoms with E-state index in [1.165, 1.54) is 12.5 Å². The molecular weight excluding hydrogens is 256 g/mol. The van der Waals surface area contributed by atoms with Gasteiger partial charge in [-0.3, -0.25) is 10.1 Å². The van der Waals surface area contributed by atoms with Gasteiger partial charge in [0, 0.05) is 25.1 Å². The molecule has 20 heavy (non-hydrogen) atoms. The monoisotopic (exact) mass is 272 g/mol. The van der Waals surface area contributed by atoms with Crippen molar-refractivity contribution in [3.63, 3.8) is 0 Å². The van der Waals surface area contributed by atoms with Crippen molar-refractivity contribution in [1.82, 2.24) is 14.8 Å². The minimum Gasteiger partial charge on any atom is -0.320 e. The summed E-state index contributed by atoms with van der Waals surface area (Å²) in [4.78, 5) is 10.6. The van der Waals surface area contributed by atoms with Crippen molar-refractivity contribution in [2.24, 2.45) is 13.0 Å². The van der Waals surface area contributed by atoms with E-state index in [0.717, 1.165) is 24.2 Å². The Balaban J connectivity index is 2.03. The van der Waals surface area contributed by atoms with Crippen LogP contribution in [0.1, 0.15) is 36.6 Å². The van der Waals surface area contributed by atoms with Crippen LogP contribution in [0.25, 0.3) is 0 Å². The first-order chi connectivity index (χ1) is 9.66. The lowest BCUT2D eigenvalue weighted by atomic mass is 9.72. The van der Waals surface area contributed by atoms with Crippen LogP contribution >= 0.6 is 0 Å². The number of hydrogen-bond donors (Lipinski definition) is 0. The minimum atomic E-state index is -0.349. The summed E-state index contributed by atoms with van der Waals surface area (Å²) in [5.74, 6) is 1.48. The minimum absolute atomic E-state index is 0.0937. The molecule has 0 N–H and O–H groups in total. The predicted molar refractivity (Wildman–Crippen MR) is 73.3 cm³/mol. The molecule has 1 heterocycles. The van der Waals surface area contributed by atoms with E-state index in [2.05, 4.69) is 10.2 Å². The average molecular weight is 272 g/mol. The highest BCUT2D eigenvalue weighted by atomic mass is 16.6. The molecule has 0 radical (unpaired) electrons. The van der Waals surface area contributed by atoms with Crippen LogP contribution < -0.4 is 0 Å². The van der Waals surface area contributed by atoms with Gasteiger partial charge in [-0.25, -0.2) is 0 Å². The summed E-state index contributed by atoms with van der Waals surface area (Å²) in [6, 6.07) is 6.88. The predicted octanol–water partition coefficient (Wildman–Crippen LogP) is 2.66. The van der Waals surface area contributed by atoms with Crippen LogP contribution in [0.3, 0.4) is 0 Å². The average Bonchev–Trinajstić information content (AvgIpc) is 2.79. The van der Waals surface area contributed by atoms with E-state index in [-0.39, 0.29) is 16.5 Å². The van der Waals surface area contributed by atoms with Gasteiger partial charge in [-0.15, -0.1) is 10.2 Å². The maximum Gasteiger partial charge on any atom is 0.269 e. The third-order valence-electron chi connectivity index (χ3n) is 4.09. The summed E-state index contributed by atoms with van der Waals surface area (Å²) in [6.07, 6.45) is 5.17. The third kappa shape index (κ3) is 2.17. The van der Waals surface area contributed by atoms with Crippen molar-refractivity contribution in [2.75, 3.05) is 0 Å². The highest BCUT2D eigenvalue weighted by molar-refractivity contribution is 5.38. The van der Waals surface area contributed by atoms with Gasteiger partial charge in [0.05, 0.1) is 4.92 Å². The number of non-ortho nitro benzene ring substituents is 1. The molecule has 1 aliphatic carbocycles. The van der Waals surface area contributed by atoms with E-state index in [1.54, 1.807) is 18.5 Å². The number of hydrogen-bond acceptors (Lipinski definition) is 4. The molecule has 0 bridgehead atoms. The number of aryl methyl sites for hydroxylation is 1. The maximum atomic E-state index is 11.0. The summed E-state index contributed by atoms with van der Waals surface area (Å²) in [6.45, 7) is 0. The Morgan fingerprint density at radius 2 is 2.25 bits per heavy atom. The summed E-state index contributed by atoms with van der Waals surface area (Å²) in [5, 5.41) is 19.1. The van der Waals surface area contributed by atoms with E-state index in [4.69, 9.17) is 0 Å². The number of nitro groups is 1. The van der Waals surface area contributed by atoms with E-state index in [1.807, 2.05) is 17.7 Å². The highest BCUT2D eigenvalue weighted by Gasteiger charge is 2.33. The van der Waals surface area contributed by atoms with Crippen LogP contribution in [0.4, 0.5) is 5.69 Å². The van der Waals surface area contributed by atoms with E-state index >= 15 is 0 Å². The summed E-state index contributed by atoms with van der Waals surface area (Å²) < 4.78 is 1.90. The SMILES string of the molecule is Cn1cnnc1[C@@H](c1cccc([N+](=O)[O-])c1)C1CCC1. The van der Waals surface area contributed by atoms with Gasteiger partial charge in [-0.2, -0.15) is 0 Å². The van der Waals surface area contributed by atoms with Crippen molar-refractivity contribution in [1.29, 1.82) is 0 Å². The number of nitro benzene ring substituents is 1. The summed E-state index contributed by atoms with van der Waals surface area (Å²) >= 11 is 0. The van der Waals surface area contributed by atoms with Gasteiger partial charge in [-0.05, 0) is 24.3 Å². The smallest absolute Gasteiger partial charge is 0.269 e. The van der Waals surface area contributed by atoms with Gasteiger partial charge in [-0.1, -0.05) is 18.6 Å². The van der Waals surface area contributed by atoms with Gasteiger partial charge in [0.2, 0.25) is 0 Å². The zero-order valence-electron chi connectivity index (χ0n) is 11.3. The van der Waals surface area contributed by atoms with Crippen LogP contribution in [0.2, 0.25) is 0 Å². The van der Waals surface area contributed by atoms with Crippen LogP contribution in [-0.2, 0) is 7.05 Å². The number of nitrogens with zero attached hydrogens (tertiary/aromatic N) is 4. The molecule has 0 saturated heterocycles. The van der Waals surface area contributed by atoms with Crippen LogP contribution in [0.15, 0.2) is 30.6 Å². The first-order valence-electron chi connectivity index (χ1n) is 6.75. The molecule has 104 valence electrons. The Labute approximate surface area is 116 Å². The second-order valence-corrected chi connectivity index (χ2v) is 5.32. The van der Waals surface area contributed by atoms with E-state index < -0.39 is 0 Å². The topological polar surface area (TPSA) is 73.8 Å². The second-order valence-electron chi connectivity index (χ2n) is 5.32. The Morgan fingerprint density at radius 3 is 2.80 bits per heavy atom. The Hall–Kier alpha value is -2.24. The molecule has 1 fully saturated rings. The van der Waals surface area contributed by atoms with Gasteiger partial charge in [0.25, 0.3) is 5.69 Å². The van der Waals surface area contributed by atoms with Crippen molar-refractivity contribution in [2.45, 2.75) is 25.2 Å². The molecule has 6 nitrogen and oxygen atoms in total. The normalized spacial score (nSPS) is 16.6. The lowest BCUT2D eigenvalue weighted by molar-refractivity contribution is -0.384. The largest absolute Gasteiger partial charge is 0.320 e. The zero-order valence-corrected chi connectivity index (χ0v) is 11.3. The fraction of sp³-hybridized carbons (Fsp3) is 0.429. The maximum absolute atomic E-state index is 11.0. The van der Waals surface area contributed by atoms with Crippen LogP contribution in [0.5, 0.6) is 0 Å². The lowest BCUT2D eigenvalue weighted by Crippen LogP contribution is -2.24. The van der Waals surface area contributed by atoms with Crippen LogP contribution in [0, 0.1) is 16.0 Å². The lowest BCUT2D eigenvalue weighted by Gasteiger charge is -2.33. The van der Waals surface area contributed by atoms with Crippen molar-refractivity contribution < 1.29 is 4.92 Å².